The first kappa shape index (κ1) is 23.6. The first-order chi connectivity index (χ1) is 16.4. The van der Waals surface area contributed by atoms with E-state index in [-0.39, 0.29) is 11.8 Å². The summed E-state index contributed by atoms with van der Waals surface area (Å²) in [6.07, 6.45) is 0.699. The molecule has 7 nitrogen and oxygen atoms in total. The highest BCUT2D eigenvalue weighted by Crippen LogP contribution is 2.37. The molecule has 1 N–H and O–H groups in total. The highest BCUT2D eigenvalue weighted by molar-refractivity contribution is 5.87. The van der Waals surface area contributed by atoms with Gasteiger partial charge >= 0.3 is 6.03 Å². The van der Waals surface area contributed by atoms with Gasteiger partial charge in [-0.25, -0.2) is 9.18 Å². The van der Waals surface area contributed by atoms with Gasteiger partial charge in [0.15, 0.2) is 0 Å². The first-order valence-corrected chi connectivity index (χ1v) is 11.4. The van der Waals surface area contributed by atoms with Crippen molar-refractivity contribution in [3.63, 3.8) is 0 Å². The molecule has 1 atom stereocenters. The minimum absolute atomic E-state index is 0.181. The third-order valence-corrected chi connectivity index (χ3v) is 6.09. The van der Waals surface area contributed by atoms with Gasteiger partial charge in [-0.05, 0) is 75.1 Å². The van der Waals surface area contributed by atoms with Crippen molar-refractivity contribution in [2.75, 3.05) is 19.8 Å². The van der Waals surface area contributed by atoms with Crippen molar-refractivity contribution in [1.29, 1.82) is 0 Å². The van der Waals surface area contributed by atoms with Gasteiger partial charge in [0.1, 0.15) is 5.82 Å². The van der Waals surface area contributed by atoms with Crippen LogP contribution in [-0.2, 0) is 4.74 Å². The zero-order valence-corrected chi connectivity index (χ0v) is 19.9. The fourth-order valence-electron chi connectivity index (χ4n) is 4.04. The number of carbonyl (C=O) groups is 1. The second kappa shape index (κ2) is 10.2. The van der Waals surface area contributed by atoms with E-state index in [2.05, 4.69) is 21.5 Å². The van der Waals surface area contributed by atoms with Crippen molar-refractivity contribution in [2.24, 2.45) is 0 Å². The average molecular weight is 465 g/mol. The van der Waals surface area contributed by atoms with Crippen LogP contribution in [0.3, 0.4) is 0 Å². The number of carbonyl (C=O) groups excluding carboxylic acids is 1. The zero-order chi connectivity index (χ0) is 24.2. The summed E-state index contributed by atoms with van der Waals surface area (Å²) in [6.45, 7) is 9.63. The maximum atomic E-state index is 13.4. The monoisotopic (exact) mass is 464 g/mol. The Labute approximate surface area is 198 Å². The van der Waals surface area contributed by atoms with Crippen LogP contribution in [0.2, 0.25) is 0 Å². The molecule has 2 heterocycles. The van der Waals surface area contributed by atoms with Gasteiger partial charge in [0.05, 0.1) is 11.6 Å². The molecule has 1 aliphatic rings. The molecule has 4 rings (SSSR count). The number of ether oxygens (including phenoxy) is 1. The lowest BCUT2D eigenvalue weighted by Gasteiger charge is -2.35. The first-order valence-electron chi connectivity index (χ1n) is 11.4. The topological polar surface area (TPSA) is 80.5 Å². The van der Waals surface area contributed by atoms with E-state index >= 15 is 0 Å². The Morgan fingerprint density at radius 1 is 1.12 bits per heavy atom. The van der Waals surface area contributed by atoms with Gasteiger partial charge < -0.3 is 14.6 Å². The number of hydrogen-bond acceptors (Lipinski definition) is 5. The summed E-state index contributed by atoms with van der Waals surface area (Å²) >= 11 is 0. The van der Waals surface area contributed by atoms with E-state index in [9.17, 15) is 9.18 Å². The number of allylic oxidation sites excluding steroid dienone is 1. The normalized spacial score (nSPS) is 16.2. The van der Waals surface area contributed by atoms with E-state index in [0.29, 0.717) is 43.5 Å². The summed E-state index contributed by atoms with van der Waals surface area (Å²) in [4.78, 5) is 19.4. The molecule has 0 spiro atoms. The van der Waals surface area contributed by atoms with Crippen molar-refractivity contribution >= 4 is 11.6 Å². The summed E-state index contributed by atoms with van der Waals surface area (Å²) in [7, 11) is 0. The number of urea groups is 1. The Morgan fingerprint density at radius 3 is 2.59 bits per heavy atom. The van der Waals surface area contributed by atoms with Crippen LogP contribution in [0, 0.1) is 19.7 Å². The molecular formula is C26H29FN4O3. The van der Waals surface area contributed by atoms with Crippen LogP contribution in [-0.4, -0.2) is 40.8 Å². The molecule has 0 aliphatic carbocycles. The number of aromatic nitrogens is 2. The van der Waals surface area contributed by atoms with E-state index in [4.69, 9.17) is 9.26 Å². The summed E-state index contributed by atoms with van der Waals surface area (Å²) in [5.74, 6) is 0.335. The third kappa shape index (κ3) is 4.87. The molecule has 1 aliphatic heterocycles. The molecular weight excluding hydrogens is 435 g/mol. The highest BCUT2D eigenvalue weighted by Gasteiger charge is 2.35. The second-order valence-corrected chi connectivity index (χ2v) is 8.36. The lowest BCUT2D eigenvalue weighted by Crippen LogP contribution is -2.46. The molecule has 0 radical (unpaired) electrons. The number of benzene rings is 2. The maximum absolute atomic E-state index is 13.4. The largest absolute Gasteiger partial charge is 0.382 e. The Bertz CT molecular complexity index is 1200. The molecule has 0 fully saturated rings. The van der Waals surface area contributed by atoms with Crippen LogP contribution in [0.15, 0.2) is 52.7 Å². The van der Waals surface area contributed by atoms with Crippen molar-refractivity contribution in [1.82, 2.24) is 20.4 Å². The quantitative estimate of drug-likeness (QED) is 0.451. The van der Waals surface area contributed by atoms with E-state index in [1.54, 1.807) is 17.0 Å². The lowest BCUT2D eigenvalue weighted by molar-refractivity contribution is 0.136. The summed E-state index contributed by atoms with van der Waals surface area (Å²) in [5, 5.41) is 7.24. The number of nitrogens with zero attached hydrogens (tertiary/aromatic N) is 3. The molecule has 0 saturated heterocycles. The van der Waals surface area contributed by atoms with E-state index in [1.165, 1.54) is 17.7 Å². The van der Waals surface area contributed by atoms with Crippen molar-refractivity contribution in [2.45, 2.75) is 40.2 Å². The number of halogens is 1. The van der Waals surface area contributed by atoms with Gasteiger partial charge in [0.25, 0.3) is 5.89 Å². The molecule has 178 valence electrons. The van der Waals surface area contributed by atoms with Gasteiger partial charge in [-0.3, -0.25) is 4.90 Å². The van der Waals surface area contributed by atoms with Crippen LogP contribution >= 0.6 is 0 Å². The van der Waals surface area contributed by atoms with E-state index in [0.717, 1.165) is 22.4 Å². The molecule has 8 heteroatoms. The number of aryl methyl sites for hydroxylation is 2. The summed E-state index contributed by atoms with van der Waals surface area (Å²) in [5.41, 5.74) is 5.35. The van der Waals surface area contributed by atoms with Gasteiger partial charge in [-0.2, -0.15) is 4.98 Å². The Balaban J connectivity index is 1.75. The maximum Gasteiger partial charge on any atom is 0.322 e. The Kier molecular flexibility index (Phi) is 7.07. The molecule has 0 bridgehead atoms. The predicted octanol–water partition coefficient (Wildman–Crippen LogP) is 5.42. The molecule has 0 saturated carbocycles. The Morgan fingerprint density at radius 2 is 1.88 bits per heavy atom. The van der Waals surface area contributed by atoms with Gasteiger partial charge in [0.2, 0.25) is 5.82 Å². The van der Waals surface area contributed by atoms with Crippen LogP contribution in [0.25, 0.3) is 17.0 Å². The molecule has 1 aromatic heterocycles. The van der Waals surface area contributed by atoms with Gasteiger partial charge in [-0.15, -0.1) is 0 Å². The molecule has 1 unspecified atom stereocenters. The van der Waals surface area contributed by atoms with E-state index < -0.39 is 6.04 Å². The molecule has 2 amide bonds. The van der Waals surface area contributed by atoms with Gasteiger partial charge in [0, 0.05) is 31.0 Å². The molecule has 34 heavy (non-hydrogen) atoms. The van der Waals surface area contributed by atoms with Crippen LogP contribution in [0.5, 0.6) is 0 Å². The zero-order valence-electron chi connectivity index (χ0n) is 19.9. The smallest absolute Gasteiger partial charge is 0.322 e. The summed E-state index contributed by atoms with van der Waals surface area (Å²) in [6, 6.07) is 11.4. The minimum Gasteiger partial charge on any atom is -0.382 e. The van der Waals surface area contributed by atoms with Crippen molar-refractivity contribution in [3.05, 3.63) is 76.6 Å². The van der Waals surface area contributed by atoms with Gasteiger partial charge in [-0.1, -0.05) is 23.4 Å². The lowest BCUT2D eigenvalue weighted by atomic mass is 9.92. The van der Waals surface area contributed by atoms with E-state index in [1.807, 2.05) is 39.8 Å². The number of hydrogen-bond donors (Lipinski definition) is 1. The number of rotatable bonds is 8. The highest BCUT2D eigenvalue weighted by atomic mass is 19.1. The standard InChI is InChI=1S/C26H29FN4O3/c1-5-33-14-6-13-31-18(4)22(23(28-26(31)32)20-8-7-16(2)17(3)15-20)25-29-24(30-34-25)19-9-11-21(27)12-10-19/h7-12,15,23H,5-6,13-14H2,1-4H3,(H,28,32). The minimum atomic E-state index is -0.448. The van der Waals surface area contributed by atoms with Crippen LogP contribution in [0.4, 0.5) is 9.18 Å². The van der Waals surface area contributed by atoms with Crippen molar-refractivity contribution < 1.29 is 18.4 Å². The molecule has 2 aromatic carbocycles. The summed E-state index contributed by atoms with van der Waals surface area (Å²) < 4.78 is 24.5. The second-order valence-electron chi connectivity index (χ2n) is 8.36. The third-order valence-electron chi connectivity index (χ3n) is 6.09. The molecule has 3 aromatic rings. The van der Waals surface area contributed by atoms with Crippen LogP contribution in [0.1, 0.15) is 48.9 Å². The fourth-order valence-corrected chi connectivity index (χ4v) is 4.04. The van der Waals surface area contributed by atoms with Crippen molar-refractivity contribution in [3.8, 4) is 11.4 Å². The Hall–Kier alpha value is -3.52. The number of nitrogens with one attached hydrogen (secondary N) is 1. The van der Waals surface area contributed by atoms with Crippen LogP contribution < -0.4 is 5.32 Å². The predicted molar refractivity (Wildman–Crippen MR) is 127 cm³/mol. The number of amides is 2. The fraction of sp³-hybridized carbons (Fsp3) is 0.346. The SMILES string of the molecule is CCOCCCN1C(=O)NC(c2ccc(C)c(C)c2)C(c2nc(-c3ccc(F)cc3)no2)=C1C. The average Bonchev–Trinajstić information content (AvgIpc) is 3.30.